The normalized spacial score (nSPS) is 15.3. The predicted molar refractivity (Wildman–Crippen MR) is 119 cm³/mol. The van der Waals surface area contributed by atoms with Crippen LogP contribution in [0.1, 0.15) is 35.5 Å². The van der Waals surface area contributed by atoms with Crippen LogP contribution in [-0.2, 0) is 21.2 Å². The third kappa shape index (κ3) is 4.09. The van der Waals surface area contributed by atoms with Crippen LogP contribution in [0, 0.1) is 6.92 Å². The van der Waals surface area contributed by atoms with Crippen LogP contribution in [0.3, 0.4) is 0 Å². The first kappa shape index (κ1) is 21.6. The fraction of sp³-hybridized carbons (Fsp3) is 0.227. The molecule has 1 aliphatic rings. The molecule has 0 saturated heterocycles. The summed E-state index contributed by atoms with van der Waals surface area (Å²) in [6, 6.07) is 11.0. The number of carbonyl (C=O) groups excluding carboxylic acids is 2. The Morgan fingerprint density at radius 2 is 1.81 bits per heavy atom. The van der Waals surface area contributed by atoms with Gasteiger partial charge in [-0.25, -0.2) is 8.42 Å². The molecule has 2 N–H and O–H groups in total. The Balaban J connectivity index is 1.48. The van der Waals surface area contributed by atoms with E-state index in [2.05, 4.69) is 15.2 Å². The third-order valence-electron chi connectivity index (χ3n) is 5.31. The van der Waals surface area contributed by atoms with Gasteiger partial charge in [0.2, 0.25) is 5.91 Å². The van der Waals surface area contributed by atoms with Crippen LogP contribution in [0.15, 0.2) is 58.1 Å². The quantitative estimate of drug-likeness (QED) is 0.610. The molecule has 0 fully saturated rings. The molecular formula is C22H22N4O5S. The average molecular weight is 455 g/mol. The van der Waals surface area contributed by atoms with Crippen LogP contribution in [0.5, 0.6) is 0 Å². The zero-order valence-electron chi connectivity index (χ0n) is 17.7. The zero-order chi connectivity index (χ0) is 23.0. The molecule has 4 rings (SSSR count). The van der Waals surface area contributed by atoms with E-state index in [9.17, 15) is 18.0 Å². The molecule has 1 aliphatic heterocycles. The molecule has 0 aliphatic carbocycles. The maximum atomic E-state index is 12.9. The van der Waals surface area contributed by atoms with Crippen LogP contribution in [0.2, 0.25) is 0 Å². The number of nitrogens with one attached hydrogen (secondary N) is 2. The molecule has 0 bridgehead atoms. The van der Waals surface area contributed by atoms with Gasteiger partial charge in [0.25, 0.3) is 15.9 Å². The number of fused-ring (bicyclic) bond motifs is 1. The number of amides is 2. The van der Waals surface area contributed by atoms with Crippen LogP contribution >= 0.6 is 0 Å². The van der Waals surface area contributed by atoms with Crippen molar-refractivity contribution in [1.82, 2.24) is 5.16 Å². The van der Waals surface area contributed by atoms with Crippen LogP contribution in [0.4, 0.5) is 17.1 Å². The molecule has 0 spiro atoms. The van der Waals surface area contributed by atoms with Gasteiger partial charge in [0.15, 0.2) is 0 Å². The highest BCUT2D eigenvalue weighted by atomic mass is 32.2. The number of benzene rings is 2. The van der Waals surface area contributed by atoms with Gasteiger partial charge in [-0.3, -0.25) is 14.3 Å². The van der Waals surface area contributed by atoms with E-state index in [1.54, 1.807) is 48.2 Å². The van der Waals surface area contributed by atoms with Crippen LogP contribution in [-0.4, -0.2) is 31.4 Å². The molecule has 0 saturated carbocycles. The van der Waals surface area contributed by atoms with E-state index in [4.69, 9.17) is 4.52 Å². The fourth-order valence-corrected chi connectivity index (χ4v) is 4.91. The Kier molecular flexibility index (Phi) is 5.47. The summed E-state index contributed by atoms with van der Waals surface area (Å²) in [5.41, 5.74) is 2.73. The van der Waals surface area contributed by atoms with Crippen molar-refractivity contribution in [3.8, 4) is 0 Å². The van der Waals surface area contributed by atoms with Gasteiger partial charge in [0.1, 0.15) is 11.3 Å². The minimum absolute atomic E-state index is 0.0159. The van der Waals surface area contributed by atoms with Gasteiger partial charge < -0.3 is 14.7 Å². The predicted octanol–water partition coefficient (Wildman–Crippen LogP) is 3.33. The summed E-state index contributed by atoms with van der Waals surface area (Å²) in [5, 5.41) is 6.28. The number of aryl methyl sites for hydroxylation is 1. The first-order chi connectivity index (χ1) is 15.2. The summed E-state index contributed by atoms with van der Waals surface area (Å²) in [7, 11) is -3.83. The summed E-state index contributed by atoms with van der Waals surface area (Å²) in [6.45, 7) is 5.06. The second-order valence-corrected chi connectivity index (χ2v) is 9.35. The van der Waals surface area contributed by atoms with Gasteiger partial charge in [-0.1, -0.05) is 5.16 Å². The molecule has 2 heterocycles. The zero-order valence-corrected chi connectivity index (χ0v) is 18.6. The highest BCUT2D eigenvalue weighted by Gasteiger charge is 2.30. The lowest BCUT2D eigenvalue weighted by molar-refractivity contribution is -0.116. The summed E-state index contributed by atoms with van der Waals surface area (Å²) in [4.78, 5) is 25.9. The molecule has 1 aromatic heterocycles. The molecule has 2 aromatic carbocycles. The Morgan fingerprint density at radius 3 is 2.44 bits per heavy atom. The van der Waals surface area contributed by atoms with Crippen molar-refractivity contribution in [2.75, 3.05) is 14.9 Å². The first-order valence-electron chi connectivity index (χ1n) is 9.94. The van der Waals surface area contributed by atoms with Crippen LogP contribution in [0.25, 0.3) is 0 Å². The van der Waals surface area contributed by atoms with E-state index in [0.29, 0.717) is 29.1 Å². The minimum atomic E-state index is -3.83. The van der Waals surface area contributed by atoms with Crippen molar-refractivity contribution >= 4 is 38.9 Å². The Morgan fingerprint density at radius 1 is 1.12 bits per heavy atom. The maximum Gasteiger partial charge on any atom is 0.261 e. The largest absolute Gasteiger partial charge is 0.361 e. The molecule has 2 amide bonds. The standard InChI is InChI=1S/C22H22N4O5S/c1-13-10-16-11-19(8-9-21(16)26(13)15(3)27)32(29,30)25-18-6-4-17(5-7-18)24-22(28)20-12-23-31-14(20)2/h4-9,11-13,25H,10H2,1-3H3,(H,24,28). The van der Waals surface area contributed by atoms with Gasteiger partial charge >= 0.3 is 0 Å². The lowest BCUT2D eigenvalue weighted by Crippen LogP contribution is -2.33. The molecule has 9 nitrogen and oxygen atoms in total. The van der Waals surface area contributed by atoms with Gasteiger partial charge in [-0.15, -0.1) is 0 Å². The molecule has 10 heteroatoms. The molecule has 1 unspecified atom stereocenters. The fourth-order valence-electron chi connectivity index (χ4n) is 3.81. The van der Waals surface area contributed by atoms with E-state index < -0.39 is 10.0 Å². The third-order valence-corrected chi connectivity index (χ3v) is 6.69. The van der Waals surface area contributed by atoms with Crippen molar-refractivity contribution in [3.05, 3.63) is 65.5 Å². The van der Waals surface area contributed by atoms with Crippen molar-refractivity contribution in [3.63, 3.8) is 0 Å². The minimum Gasteiger partial charge on any atom is -0.361 e. The molecule has 3 aromatic rings. The van der Waals surface area contributed by atoms with E-state index in [1.807, 2.05) is 6.92 Å². The highest BCUT2D eigenvalue weighted by molar-refractivity contribution is 7.92. The van der Waals surface area contributed by atoms with E-state index in [1.165, 1.54) is 19.2 Å². The van der Waals surface area contributed by atoms with E-state index in [-0.39, 0.29) is 22.8 Å². The second-order valence-electron chi connectivity index (χ2n) is 7.67. The number of nitrogens with zero attached hydrogens (tertiary/aromatic N) is 2. The van der Waals surface area contributed by atoms with Crippen LogP contribution < -0.4 is 14.9 Å². The number of rotatable bonds is 5. The van der Waals surface area contributed by atoms with Crippen molar-refractivity contribution < 1.29 is 22.5 Å². The Hall–Kier alpha value is -3.66. The summed E-state index contributed by atoms with van der Waals surface area (Å²) in [5.74, 6) is -0.0394. The number of sulfonamides is 1. The van der Waals surface area contributed by atoms with Gasteiger partial charge in [0.05, 0.1) is 11.1 Å². The topological polar surface area (TPSA) is 122 Å². The Labute approximate surface area is 185 Å². The number of hydrogen-bond donors (Lipinski definition) is 2. The van der Waals surface area contributed by atoms with Crippen molar-refractivity contribution in [2.24, 2.45) is 0 Å². The number of anilines is 3. The van der Waals surface area contributed by atoms with E-state index >= 15 is 0 Å². The monoisotopic (exact) mass is 454 g/mol. The molecule has 32 heavy (non-hydrogen) atoms. The molecule has 1 atom stereocenters. The highest BCUT2D eigenvalue weighted by Crippen LogP contribution is 2.34. The van der Waals surface area contributed by atoms with E-state index in [0.717, 1.165) is 11.3 Å². The van der Waals surface area contributed by atoms with Crippen molar-refractivity contribution in [2.45, 2.75) is 38.1 Å². The second kappa shape index (κ2) is 8.12. The molecular weight excluding hydrogens is 432 g/mol. The smallest absolute Gasteiger partial charge is 0.261 e. The average Bonchev–Trinajstić information content (AvgIpc) is 3.30. The molecule has 166 valence electrons. The molecule has 0 radical (unpaired) electrons. The lowest BCUT2D eigenvalue weighted by atomic mass is 10.1. The summed E-state index contributed by atoms with van der Waals surface area (Å²) >= 11 is 0. The number of hydrogen-bond acceptors (Lipinski definition) is 6. The first-order valence-corrected chi connectivity index (χ1v) is 11.4. The summed E-state index contributed by atoms with van der Waals surface area (Å²) in [6.07, 6.45) is 1.93. The lowest BCUT2D eigenvalue weighted by Gasteiger charge is -2.20. The maximum absolute atomic E-state index is 12.9. The summed E-state index contributed by atoms with van der Waals surface area (Å²) < 4.78 is 33.2. The Bertz CT molecular complexity index is 1300. The van der Waals surface area contributed by atoms with Gasteiger partial charge in [0, 0.05) is 30.0 Å². The SMILES string of the molecule is CC(=O)N1c2ccc(S(=O)(=O)Nc3ccc(NC(=O)c4cnoc4C)cc3)cc2CC1C. The number of carbonyl (C=O) groups is 2. The number of aromatic nitrogens is 1. The van der Waals surface area contributed by atoms with Gasteiger partial charge in [-0.05, 0) is 68.3 Å². The van der Waals surface area contributed by atoms with Crippen molar-refractivity contribution in [1.29, 1.82) is 0 Å². The van der Waals surface area contributed by atoms with Gasteiger partial charge in [-0.2, -0.15) is 0 Å².